The second kappa shape index (κ2) is 8.69. The molecule has 3 aliphatic rings. The number of oxazole rings is 1. The number of amides is 1. The first-order valence-corrected chi connectivity index (χ1v) is 12.1. The number of pyridine rings is 1. The molecule has 30 heavy (non-hydrogen) atoms. The molecule has 2 aromatic rings. The lowest BCUT2D eigenvalue weighted by Crippen LogP contribution is -2.42. The van der Waals surface area contributed by atoms with Crippen LogP contribution in [0.2, 0.25) is 0 Å². The van der Waals surface area contributed by atoms with E-state index in [-0.39, 0.29) is 11.9 Å². The van der Waals surface area contributed by atoms with Crippen LogP contribution < -0.4 is 5.32 Å². The SMILES string of the molecule is Cc1nc(C2CCN([C@@H]3CN[C@H](C(=O)N4CCSC4)C3)CC2)c(-c2ccccn2)o1. The molecule has 5 heterocycles. The van der Waals surface area contributed by atoms with Crippen LogP contribution in [0.15, 0.2) is 28.8 Å². The molecule has 0 radical (unpaired) electrons. The summed E-state index contributed by atoms with van der Waals surface area (Å²) in [4.78, 5) is 26.4. The molecule has 3 aliphatic heterocycles. The minimum atomic E-state index is -0.0135. The van der Waals surface area contributed by atoms with Crippen LogP contribution in [0.3, 0.4) is 0 Å². The van der Waals surface area contributed by atoms with E-state index in [2.05, 4.69) is 15.2 Å². The predicted molar refractivity (Wildman–Crippen MR) is 117 cm³/mol. The summed E-state index contributed by atoms with van der Waals surface area (Å²) in [7, 11) is 0. The molecule has 7 nitrogen and oxygen atoms in total. The number of carbonyl (C=O) groups is 1. The molecule has 1 amide bonds. The lowest BCUT2D eigenvalue weighted by atomic mass is 9.91. The third kappa shape index (κ3) is 4.00. The van der Waals surface area contributed by atoms with Crippen molar-refractivity contribution in [1.29, 1.82) is 0 Å². The number of nitrogens with zero attached hydrogens (tertiary/aromatic N) is 4. The Morgan fingerprint density at radius 2 is 2.13 bits per heavy atom. The second-order valence-electron chi connectivity index (χ2n) is 8.46. The summed E-state index contributed by atoms with van der Waals surface area (Å²) >= 11 is 1.85. The number of likely N-dealkylation sites (tertiary alicyclic amines) is 1. The van der Waals surface area contributed by atoms with Crippen molar-refractivity contribution >= 4 is 17.7 Å². The monoisotopic (exact) mass is 427 g/mol. The maximum absolute atomic E-state index is 12.7. The average Bonchev–Trinajstić information content (AvgIpc) is 3.55. The third-order valence-electron chi connectivity index (χ3n) is 6.56. The molecule has 2 aromatic heterocycles. The molecule has 8 heteroatoms. The number of hydrogen-bond donors (Lipinski definition) is 1. The van der Waals surface area contributed by atoms with Crippen molar-refractivity contribution in [2.45, 2.75) is 44.2 Å². The zero-order valence-electron chi connectivity index (χ0n) is 17.4. The number of thioether (sulfide) groups is 1. The van der Waals surface area contributed by atoms with Crippen LogP contribution in [0.4, 0.5) is 0 Å². The molecule has 160 valence electrons. The van der Waals surface area contributed by atoms with Gasteiger partial charge < -0.3 is 14.6 Å². The standard InChI is InChI=1S/C22H29N5O2S/c1-15-25-20(21(29-15)18-4-2-3-7-23-18)16-5-8-26(9-6-16)17-12-19(24-13-17)22(28)27-10-11-30-14-27/h2-4,7,16-17,19,24H,5-6,8-14H2,1H3/t17-,19-/m0/s1. The van der Waals surface area contributed by atoms with Crippen LogP contribution in [0, 0.1) is 6.92 Å². The zero-order chi connectivity index (χ0) is 20.5. The Labute approximate surface area is 181 Å². The number of aromatic nitrogens is 2. The Morgan fingerprint density at radius 1 is 1.27 bits per heavy atom. The Kier molecular flexibility index (Phi) is 5.80. The first-order chi connectivity index (χ1) is 14.7. The molecular weight excluding hydrogens is 398 g/mol. The van der Waals surface area contributed by atoms with Crippen LogP contribution in [-0.4, -0.2) is 75.6 Å². The number of rotatable bonds is 4. The van der Waals surface area contributed by atoms with Gasteiger partial charge in [0.2, 0.25) is 5.91 Å². The summed E-state index contributed by atoms with van der Waals surface area (Å²) in [6.45, 7) is 5.78. The number of carbonyl (C=O) groups excluding carboxylic acids is 1. The van der Waals surface area contributed by atoms with Gasteiger partial charge in [-0.05, 0) is 44.5 Å². The van der Waals surface area contributed by atoms with E-state index in [4.69, 9.17) is 9.40 Å². The van der Waals surface area contributed by atoms with Crippen molar-refractivity contribution < 1.29 is 9.21 Å². The topological polar surface area (TPSA) is 74.5 Å². The lowest BCUT2D eigenvalue weighted by molar-refractivity contribution is -0.131. The first kappa shape index (κ1) is 20.0. The van der Waals surface area contributed by atoms with Gasteiger partial charge in [0.1, 0.15) is 5.69 Å². The van der Waals surface area contributed by atoms with Crippen molar-refractivity contribution in [3.8, 4) is 11.5 Å². The number of piperidine rings is 1. The van der Waals surface area contributed by atoms with Gasteiger partial charge >= 0.3 is 0 Å². The Balaban J connectivity index is 1.20. The smallest absolute Gasteiger partial charge is 0.240 e. The van der Waals surface area contributed by atoms with Gasteiger partial charge in [0.15, 0.2) is 11.7 Å². The third-order valence-corrected chi connectivity index (χ3v) is 7.53. The summed E-state index contributed by atoms with van der Waals surface area (Å²) in [6, 6.07) is 6.32. The highest BCUT2D eigenvalue weighted by atomic mass is 32.2. The molecule has 3 fully saturated rings. The highest BCUT2D eigenvalue weighted by Gasteiger charge is 2.37. The van der Waals surface area contributed by atoms with Crippen molar-refractivity contribution in [2.24, 2.45) is 0 Å². The molecule has 0 aliphatic carbocycles. The van der Waals surface area contributed by atoms with E-state index in [0.717, 1.165) is 74.2 Å². The Morgan fingerprint density at radius 3 is 2.87 bits per heavy atom. The second-order valence-corrected chi connectivity index (χ2v) is 9.54. The normalized spacial score (nSPS) is 25.8. The van der Waals surface area contributed by atoms with Crippen molar-refractivity contribution in [1.82, 2.24) is 25.1 Å². The van der Waals surface area contributed by atoms with Crippen LogP contribution in [0.5, 0.6) is 0 Å². The molecule has 5 rings (SSSR count). The van der Waals surface area contributed by atoms with Gasteiger partial charge in [-0.1, -0.05) is 6.07 Å². The minimum Gasteiger partial charge on any atom is -0.439 e. The van der Waals surface area contributed by atoms with E-state index < -0.39 is 0 Å². The van der Waals surface area contributed by atoms with Gasteiger partial charge in [0, 0.05) is 43.9 Å². The fourth-order valence-electron chi connectivity index (χ4n) is 4.93. The molecule has 0 spiro atoms. The maximum Gasteiger partial charge on any atom is 0.240 e. The van der Waals surface area contributed by atoms with Gasteiger partial charge in [0.25, 0.3) is 0 Å². The molecule has 3 saturated heterocycles. The molecule has 0 unspecified atom stereocenters. The van der Waals surface area contributed by atoms with Crippen LogP contribution >= 0.6 is 11.8 Å². The molecule has 0 aromatic carbocycles. The van der Waals surface area contributed by atoms with E-state index >= 15 is 0 Å². The first-order valence-electron chi connectivity index (χ1n) is 10.9. The Bertz CT molecular complexity index is 875. The summed E-state index contributed by atoms with van der Waals surface area (Å²) in [5, 5.41) is 3.48. The van der Waals surface area contributed by atoms with Gasteiger partial charge in [-0.15, -0.1) is 11.8 Å². The summed E-state index contributed by atoms with van der Waals surface area (Å²) < 4.78 is 5.93. The summed E-state index contributed by atoms with van der Waals surface area (Å²) in [5.41, 5.74) is 1.91. The van der Waals surface area contributed by atoms with Crippen molar-refractivity contribution in [2.75, 3.05) is 37.8 Å². The molecule has 1 N–H and O–H groups in total. The fraction of sp³-hybridized carbons (Fsp3) is 0.591. The van der Waals surface area contributed by atoms with Gasteiger partial charge in [-0.2, -0.15) is 0 Å². The Hall–Kier alpha value is -1.90. The minimum absolute atomic E-state index is 0.0135. The van der Waals surface area contributed by atoms with Gasteiger partial charge in [-0.3, -0.25) is 14.7 Å². The zero-order valence-corrected chi connectivity index (χ0v) is 18.2. The van der Waals surface area contributed by atoms with Crippen molar-refractivity contribution in [3.63, 3.8) is 0 Å². The predicted octanol–water partition coefficient (Wildman–Crippen LogP) is 2.49. The molecule has 0 bridgehead atoms. The average molecular weight is 428 g/mol. The molecule has 2 atom stereocenters. The number of aryl methyl sites for hydroxylation is 1. The maximum atomic E-state index is 12.7. The van der Waals surface area contributed by atoms with Crippen LogP contribution in [-0.2, 0) is 4.79 Å². The molecular formula is C22H29N5O2S. The van der Waals surface area contributed by atoms with E-state index in [0.29, 0.717) is 17.9 Å². The van der Waals surface area contributed by atoms with Gasteiger partial charge in [0.05, 0.1) is 17.6 Å². The number of hydrogen-bond acceptors (Lipinski definition) is 7. The summed E-state index contributed by atoms with van der Waals surface area (Å²) in [6.07, 6.45) is 4.84. The van der Waals surface area contributed by atoms with E-state index in [9.17, 15) is 4.79 Å². The van der Waals surface area contributed by atoms with Crippen LogP contribution in [0.25, 0.3) is 11.5 Å². The van der Waals surface area contributed by atoms with E-state index in [1.165, 1.54) is 0 Å². The van der Waals surface area contributed by atoms with E-state index in [1.54, 1.807) is 6.20 Å². The van der Waals surface area contributed by atoms with Crippen molar-refractivity contribution in [3.05, 3.63) is 36.0 Å². The van der Waals surface area contributed by atoms with Gasteiger partial charge in [-0.25, -0.2) is 4.98 Å². The van der Waals surface area contributed by atoms with E-state index in [1.807, 2.05) is 41.8 Å². The lowest BCUT2D eigenvalue weighted by Gasteiger charge is -2.35. The highest BCUT2D eigenvalue weighted by molar-refractivity contribution is 7.99. The largest absolute Gasteiger partial charge is 0.439 e. The highest BCUT2D eigenvalue weighted by Crippen LogP contribution is 2.35. The quantitative estimate of drug-likeness (QED) is 0.803. The molecule has 0 saturated carbocycles. The number of nitrogens with one attached hydrogen (secondary N) is 1. The summed E-state index contributed by atoms with van der Waals surface area (Å²) in [5.74, 6) is 4.12. The fourth-order valence-corrected chi connectivity index (χ4v) is 5.89. The van der Waals surface area contributed by atoms with Crippen LogP contribution in [0.1, 0.15) is 36.8 Å².